The lowest BCUT2D eigenvalue weighted by Crippen LogP contribution is -2.63. The van der Waals surface area contributed by atoms with E-state index in [9.17, 15) is 24.6 Å². The van der Waals surface area contributed by atoms with Gasteiger partial charge >= 0.3 is 5.97 Å². The molecule has 6 N–H and O–H groups in total. The third-order valence-corrected chi connectivity index (χ3v) is 8.40. The van der Waals surface area contributed by atoms with Crippen LogP contribution in [0.15, 0.2) is 15.6 Å². The fourth-order valence-corrected chi connectivity index (χ4v) is 6.92. The number of guanidine groups is 1. The van der Waals surface area contributed by atoms with Gasteiger partial charge in [0.2, 0.25) is 11.8 Å². The standard InChI is InChI=1S/C20H30N6O5S/c1-8-14-13(9(2)27)18(29)26(14)15(19(30)31)16(8)32-11-4-12(24(3)7-11)17(28)25-5-10(6-25)23-20(21)22/h8-14,27H,4-7H2,1-3H3,(H,30,31)(H4,21,22,23)/t8-,9-,11+,12+,13-,14-/m1/s1. The Morgan fingerprint density at radius 3 is 2.47 bits per heavy atom. The zero-order chi connectivity index (χ0) is 23.5. The summed E-state index contributed by atoms with van der Waals surface area (Å²) in [5.74, 6) is -2.19. The lowest BCUT2D eigenvalue weighted by Gasteiger charge is -2.46. The van der Waals surface area contributed by atoms with Crippen molar-refractivity contribution in [3.05, 3.63) is 10.6 Å². The number of carboxylic acids is 1. The lowest BCUT2D eigenvalue weighted by atomic mass is 9.79. The summed E-state index contributed by atoms with van der Waals surface area (Å²) in [5, 5.41) is 19.8. The van der Waals surface area contributed by atoms with Crippen LogP contribution in [0, 0.1) is 11.8 Å². The number of β-lactam (4-membered cyclic amide) rings is 1. The van der Waals surface area contributed by atoms with Crippen molar-refractivity contribution in [2.24, 2.45) is 28.3 Å². The summed E-state index contributed by atoms with van der Waals surface area (Å²) in [4.78, 5) is 47.2. The maximum atomic E-state index is 12.9. The van der Waals surface area contributed by atoms with Gasteiger partial charge in [0.1, 0.15) is 5.70 Å². The van der Waals surface area contributed by atoms with Crippen LogP contribution in [0.4, 0.5) is 0 Å². The van der Waals surface area contributed by atoms with Gasteiger partial charge in [-0.3, -0.25) is 14.5 Å². The number of rotatable bonds is 6. The van der Waals surface area contributed by atoms with Crippen molar-refractivity contribution in [2.75, 3.05) is 26.7 Å². The van der Waals surface area contributed by atoms with Crippen LogP contribution in [0.5, 0.6) is 0 Å². The van der Waals surface area contributed by atoms with E-state index in [0.717, 1.165) is 0 Å². The molecule has 32 heavy (non-hydrogen) atoms. The van der Waals surface area contributed by atoms with Gasteiger partial charge in [-0.25, -0.2) is 9.79 Å². The van der Waals surface area contributed by atoms with Crippen molar-refractivity contribution >= 4 is 35.5 Å². The van der Waals surface area contributed by atoms with Gasteiger partial charge in [-0.15, -0.1) is 11.8 Å². The second kappa shape index (κ2) is 8.23. The first kappa shape index (κ1) is 22.9. The van der Waals surface area contributed by atoms with E-state index in [0.29, 0.717) is 31.0 Å². The highest BCUT2D eigenvalue weighted by Crippen LogP contribution is 2.52. The summed E-state index contributed by atoms with van der Waals surface area (Å²) in [7, 11) is 1.89. The van der Waals surface area contributed by atoms with E-state index in [1.54, 1.807) is 11.8 Å². The monoisotopic (exact) mass is 466 g/mol. The van der Waals surface area contributed by atoms with Crippen LogP contribution in [0.3, 0.4) is 0 Å². The number of amides is 2. The molecule has 176 valence electrons. The number of likely N-dealkylation sites (N-methyl/N-ethyl adjacent to an activating group) is 1. The topological polar surface area (TPSA) is 166 Å². The van der Waals surface area contributed by atoms with Crippen molar-refractivity contribution in [3.8, 4) is 0 Å². The van der Waals surface area contributed by atoms with E-state index in [-0.39, 0.29) is 52.8 Å². The SMILES string of the molecule is C[C@@H](O)[C@H]1C(=O)N2C(C(=O)O)=C(S[C@H]3C[C@@H](C(=O)N4CC(N=C(N)N)C4)N(C)C3)[C@H](C)[C@H]12. The zero-order valence-electron chi connectivity index (χ0n) is 18.3. The minimum absolute atomic E-state index is 0.0192. The Morgan fingerprint density at radius 2 is 1.91 bits per heavy atom. The van der Waals surface area contributed by atoms with Crippen molar-refractivity contribution in [1.82, 2.24) is 14.7 Å². The number of nitrogens with zero attached hydrogens (tertiary/aromatic N) is 4. The van der Waals surface area contributed by atoms with Crippen LogP contribution in [0.2, 0.25) is 0 Å². The number of aliphatic hydroxyl groups is 1. The van der Waals surface area contributed by atoms with Crippen LogP contribution in [-0.2, 0) is 14.4 Å². The first-order valence-corrected chi connectivity index (χ1v) is 11.6. The first-order chi connectivity index (χ1) is 15.0. The molecule has 0 aromatic heterocycles. The molecule has 4 heterocycles. The first-order valence-electron chi connectivity index (χ1n) is 10.7. The molecule has 0 aliphatic carbocycles. The van der Waals surface area contributed by atoms with Crippen LogP contribution in [0.1, 0.15) is 20.3 Å². The fourth-order valence-electron chi connectivity index (χ4n) is 5.32. The number of hydrogen-bond donors (Lipinski definition) is 4. The number of carbonyl (C=O) groups excluding carboxylic acids is 2. The molecule has 6 atom stereocenters. The van der Waals surface area contributed by atoms with Gasteiger partial charge in [0.05, 0.1) is 30.1 Å². The Morgan fingerprint density at radius 1 is 1.25 bits per heavy atom. The molecule has 0 radical (unpaired) electrons. The van der Waals surface area contributed by atoms with Gasteiger partial charge in [-0.05, 0) is 20.4 Å². The number of aliphatic hydroxyl groups excluding tert-OH is 1. The van der Waals surface area contributed by atoms with Gasteiger partial charge in [0, 0.05) is 35.7 Å². The van der Waals surface area contributed by atoms with Gasteiger partial charge < -0.3 is 31.5 Å². The number of aliphatic carboxylic acids is 1. The molecule has 3 saturated heterocycles. The summed E-state index contributed by atoms with van der Waals surface area (Å²) < 4.78 is 0. The molecule has 11 nitrogen and oxygen atoms in total. The number of aliphatic imine (C=N–C) groups is 1. The average Bonchev–Trinajstić information content (AvgIpc) is 3.13. The molecule has 0 unspecified atom stereocenters. The maximum absolute atomic E-state index is 12.9. The van der Waals surface area contributed by atoms with Gasteiger partial charge in [0.25, 0.3) is 0 Å². The zero-order valence-corrected chi connectivity index (χ0v) is 19.2. The quantitative estimate of drug-likeness (QED) is 0.205. The molecule has 12 heteroatoms. The molecule has 4 aliphatic rings. The van der Waals surface area contributed by atoms with E-state index in [4.69, 9.17) is 11.5 Å². The van der Waals surface area contributed by atoms with Crippen LogP contribution in [0.25, 0.3) is 0 Å². The van der Waals surface area contributed by atoms with E-state index >= 15 is 0 Å². The van der Waals surface area contributed by atoms with E-state index in [1.165, 1.54) is 16.7 Å². The Balaban J connectivity index is 1.44. The minimum atomic E-state index is -1.13. The number of carboxylic acid groups (broad SMARTS) is 1. The molecule has 4 aliphatic heterocycles. The van der Waals surface area contributed by atoms with Crippen molar-refractivity contribution < 1.29 is 24.6 Å². The molecule has 4 rings (SSSR count). The van der Waals surface area contributed by atoms with Gasteiger partial charge in [-0.2, -0.15) is 0 Å². The van der Waals surface area contributed by atoms with Gasteiger partial charge in [-0.1, -0.05) is 6.92 Å². The Bertz CT molecular complexity index is 897. The summed E-state index contributed by atoms with van der Waals surface area (Å²) >= 11 is 1.45. The third-order valence-electron chi connectivity index (χ3n) is 6.91. The fraction of sp³-hybridized carbons (Fsp3) is 0.700. The third kappa shape index (κ3) is 3.63. The van der Waals surface area contributed by atoms with Crippen molar-refractivity contribution in [2.45, 2.75) is 49.7 Å². The van der Waals surface area contributed by atoms with Gasteiger partial charge in [0.15, 0.2) is 5.96 Å². The molecular formula is C20H30N6O5S. The summed E-state index contributed by atoms with van der Waals surface area (Å²) in [5.41, 5.74) is 10.8. The molecule has 0 bridgehead atoms. The molecule has 0 aromatic carbocycles. The number of fused-ring (bicyclic) bond motifs is 1. The lowest BCUT2D eigenvalue weighted by molar-refractivity contribution is -0.163. The summed E-state index contributed by atoms with van der Waals surface area (Å²) in [6, 6.07) is -0.685. The molecule has 2 amide bonds. The second-order valence-electron chi connectivity index (χ2n) is 9.15. The Hall–Kier alpha value is -2.31. The number of carbonyl (C=O) groups is 3. The largest absolute Gasteiger partial charge is 0.477 e. The van der Waals surface area contributed by atoms with Crippen molar-refractivity contribution in [3.63, 3.8) is 0 Å². The van der Waals surface area contributed by atoms with E-state index in [2.05, 4.69) is 4.99 Å². The number of likely N-dealkylation sites (tertiary alicyclic amines) is 2. The van der Waals surface area contributed by atoms with E-state index < -0.39 is 18.0 Å². The Kier molecular flexibility index (Phi) is 5.88. The number of hydrogen-bond acceptors (Lipinski definition) is 7. The predicted octanol–water partition coefficient (Wildman–Crippen LogP) is -1.57. The van der Waals surface area contributed by atoms with Crippen LogP contribution in [-0.4, -0.2) is 105 Å². The highest BCUT2D eigenvalue weighted by atomic mass is 32.2. The van der Waals surface area contributed by atoms with Crippen LogP contribution >= 0.6 is 11.8 Å². The smallest absolute Gasteiger partial charge is 0.353 e. The highest BCUT2D eigenvalue weighted by Gasteiger charge is 2.60. The Labute approximate surface area is 190 Å². The van der Waals surface area contributed by atoms with Crippen LogP contribution < -0.4 is 11.5 Å². The highest BCUT2D eigenvalue weighted by molar-refractivity contribution is 8.03. The second-order valence-corrected chi connectivity index (χ2v) is 10.5. The van der Waals surface area contributed by atoms with E-state index in [1.807, 2.05) is 18.9 Å². The molecule has 3 fully saturated rings. The minimum Gasteiger partial charge on any atom is -0.477 e. The number of thioether (sulfide) groups is 1. The van der Waals surface area contributed by atoms with Crippen molar-refractivity contribution in [1.29, 1.82) is 0 Å². The molecular weight excluding hydrogens is 436 g/mol. The molecule has 0 spiro atoms. The number of nitrogens with two attached hydrogens (primary N) is 2. The normalized spacial score (nSPS) is 33.6. The maximum Gasteiger partial charge on any atom is 0.353 e. The predicted molar refractivity (Wildman–Crippen MR) is 118 cm³/mol. The summed E-state index contributed by atoms with van der Waals surface area (Å²) in [6.45, 7) is 5.08. The summed E-state index contributed by atoms with van der Waals surface area (Å²) in [6.07, 6.45) is -0.241. The average molecular weight is 467 g/mol. The molecule has 0 saturated carbocycles. The molecule has 0 aromatic rings.